The molecule has 1 aromatic heterocycles. The molecule has 0 amide bonds. The van der Waals surface area contributed by atoms with Gasteiger partial charge in [-0.3, -0.25) is 4.79 Å². The van der Waals surface area contributed by atoms with Crippen LogP contribution in [-0.4, -0.2) is 41.3 Å². The summed E-state index contributed by atoms with van der Waals surface area (Å²) in [7, 11) is 0. The van der Waals surface area contributed by atoms with E-state index < -0.39 is 23.2 Å². The largest absolute Gasteiger partial charge is 0.492 e. The van der Waals surface area contributed by atoms with E-state index in [2.05, 4.69) is 9.88 Å². The van der Waals surface area contributed by atoms with Crippen LogP contribution in [0.5, 0.6) is 5.75 Å². The Bertz CT molecular complexity index is 1190. The molecule has 3 aromatic rings. The summed E-state index contributed by atoms with van der Waals surface area (Å²) in [5.41, 5.74) is 6.59. The summed E-state index contributed by atoms with van der Waals surface area (Å²) in [5, 5.41) is 10.0. The maximum atomic E-state index is 13.0. The molecule has 4 rings (SSSR count). The quantitative estimate of drug-likeness (QED) is 0.442. The van der Waals surface area contributed by atoms with E-state index in [1.54, 1.807) is 18.2 Å². The van der Waals surface area contributed by atoms with Gasteiger partial charge in [-0.25, -0.2) is 4.98 Å². The SMILES string of the molecule is NC1(CCOc2cc(CC(=O)O)ccc2Cl)CCN(c2nc3ccc(C(F)(F)F)cc3s2)CC1. The van der Waals surface area contributed by atoms with E-state index in [0.29, 0.717) is 70.6 Å². The smallest absolute Gasteiger partial charge is 0.416 e. The van der Waals surface area contributed by atoms with E-state index in [9.17, 15) is 18.0 Å². The lowest BCUT2D eigenvalue weighted by Gasteiger charge is -2.39. The molecule has 0 saturated carbocycles. The molecule has 0 bridgehead atoms. The van der Waals surface area contributed by atoms with Gasteiger partial charge in [0.15, 0.2) is 5.13 Å². The average Bonchev–Trinajstić information content (AvgIpc) is 3.19. The predicted octanol–water partition coefficient (Wildman–Crippen LogP) is 5.36. The number of carboxylic acid groups (broad SMARTS) is 1. The standard InChI is InChI=1S/C23H23ClF3N3O3S/c24-16-3-1-14(12-20(31)32)11-18(16)33-10-7-22(28)5-8-30(9-6-22)21-29-17-4-2-15(23(25,26)27)13-19(17)34-21/h1-4,11,13H,5-10,12,28H2,(H,31,32). The zero-order valence-electron chi connectivity index (χ0n) is 18.1. The molecule has 182 valence electrons. The first-order chi connectivity index (χ1) is 16.0. The molecule has 1 aliphatic heterocycles. The van der Waals surface area contributed by atoms with E-state index >= 15 is 0 Å². The topological polar surface area (TPSA) is 88.7 Å². The zero-order valence-corrected chi connectivity index (χ0v) is 19.6. The van der Waals surface area contributed by atoms with Gasteiger partial charge < -0.3 is 20.5 Å². The molecule has 0 radical (unpaired) electrons. The van der Waals surface area contributed by atoms with Crippen molar-refractivity contribution < 1.29 is 27.8 Å². The van der Waals surface area contributed by atoms with Crippen molar-refractivity contribution in [1.82, 2.24) is 4.98 Å². The number of carbonyl (C=O) groups is 1. The van der Waals surface area contributed by atoms with Crippen LogP contribution in [0.2, 0.25) is 5.02 Å². The highest BCUT2D eigenvalue weighted by Gasteiger charge is 2.33. The summed E-state index contributed by atoms with van der Waals surface area (Å²) >= 11 is 7.41. The van der Waals surface area contributed by atoms with E-state index in [4.69, 9.17) is 27.2 Å². The Morgan fingerprint density at radius 1 is 1.24 bits per heavy atom. The molecular weight excluding hydrogens is 491 g/mol. The summed E-state index contributed by atoms with van der Waals surface area (Å²) in [6, 6.07) is 8.48. The number of alkyl halides is 3. The summed E-state index contributed by atoms with van der Waals surface area (Å²) in [4.78, 5) is 17.5. The third kappa shape index (κ3) is 5.73. The van der Waals surface area contributed by atoms with Crippen molar-refractivity contribution in [2.24, 2.45) is 5.73 Å². The third-order valence-electron chi connectivity index (χ3n) is 5.94. The number of anilines is 1. The second-order valence-electron chi connectivity index (χ2n) is 8.46. The van der Waals surface area contributed by atoms with Crippen LogP contribution in [-0.2, 0) is 17.4 Å². The number of nitrogens with two attached hydrogens (primary N) is 1. The van der Waals surface area contributed by atoms with Crippen LogP contribution < -0.4 is 15.4 Å². The van der Waals surface area contributed by atoms with Gasteiger partial charge >= 0.3 is 12.1 Å². The van der Waals surface area contributed by atoms with Gasteiger partial charge in [0.1, 0.15) is 5.75 Å². The lowest BCUT2D eigenvalue weighted by Crippen LogP contribution is -2.51. The molecule has 3 N–H and O–H groups in total. The number of aromatic nitrogens is 1. The number of fused-ring (bicyclic) bond motifs is 1. The fourth-order valence-corrected chi connectivity index (χ4v) is 5.15. The molecule has 2 heterocycles. The molecular formula is C23H23ClF3N3O3S. The van der Waals surface area contributed by atoms with Gasteiger partial charge in [0.2, 0.25) is 0 Å². The third-order valence-corrected chi connectivity index (χ3v) is 7.33. The van der Waals surface area contributed by atoms with E-state index in [1.807, 2.05) is 0 Å². The van der Waals surface area contributed by atoms with Crippen molar-refractivity contribution >= 4 is 44.3 Å². The Labute approximate surface area is 203 Å². The Hall–Kier alpha value is -2.56. The van der Waals surface area contributed by atoms with Crippen LogP contribution in [0.25, 0.3) is 10.2 Å². The van der Waals surface area contributed by atoms with Crippen LogP contribution in [0.1, 0.15) is 30.4 Å². The van der Waals surface area contributed by atoms with Crippen LogP contribution in [0.3, 0.4) is 0 Å². The summed E-state index contributed by atoms with van der Waals surface area (Å²) in [6.07, 6.45) is -2.57. The minimum absolute atomic E-state index is 0.118. The second-order valence-corrected chi connectivity index (χ2v) is 9.88. The first-order valence-corrected chi connectivity index (χ1v) is 11.9. The highest BCUT2D eigenvalue weighted by Crippen LogP contribution is 2.37. The van der Waals surface area contributed by atoms with Gasteiger partial charge in [0.05, 0.1) is 33.8 Å². The summed E-state index contributed by atoms with van der Waals surface area (Å²) in [6.45, 7) is 1.60. The number of hydrogen-bond acceptors (Lipinski definition) is 6. The number of halogens is 4. The molecule has 0 unspecified atom stereocenters. The number of aliphatic carboxylic acids is 1. The first kappa shape index (κ1) is 24.6. The predicted molar refractivity (Wildman–Crippen MR) is 126 cm³/mol. The number of ether oxygens (including phenoxy) is 1. The zero-order chi connectivity index (χ0) is 24.5. The van der Waals surface area contributed by atoms with Crippen LogP contribution in [0, 0.1) is 0 Å². The van der Waals surface area contributed by atoms with Crippen molar-refractivity contribution in [3.05, 3.63) is 52.5 Å². The fourth-order valence-electron chi connectivity index (χ4n) is 3.92. The van der Waals surface area contributed by atoms with Gasteiger partial charge in [-0.15, -0.1) is 0 Å². The van der Waals surface area contributed by atoms with Crippen LogP contribution in [0.15, 0.2) is 36.4 Å². The highest BCUT2D eigenvalue weighted by molar-refractivity contribution is 7.22. The van der Waals surface area contributed by atoms with E-state index in [1.165, 1.54) is 17.4 Å². The number of piperidine rings is 1. The Morgan fingerprint density at radius 2 is 1.97 bits per heavy atom. The molecule has 0 spiro atoms. The maximum Gasteiger partial charge on any atom is 0.416 e. The molecule has 34 heavy (non-hydrogen) atoms. The number of benzene rings is 2. The Balaban J connectivity index is 1.34. The number of carboxylic acids is 1. The number of hydrogen-bond donors (Lipinski definition) is 2. The average molecular weight is 514 g/mol. The van der Waals surface area contributed by atoms with Gasteiger partial charge in [0.25, 0.3) is 0 Å². The minimum Gasteiger partial charge on any atom is -0.492 e. The lowest BCUT2D eigenvalue weighted by atomic mass is 9.86. The van der Waals surface area contributed by atoms with E-state index in [-0.39, 0.29) is 6.42 Å². The van der Waals surface area contributed by atoms with Gasteiger partial charge in [-0.05, 0) is 55.2 Å². The monoisotopic (exact) mass is 513 g/mol. The van der Waals surface area contributed by atoms with Crippen molar-refractivity contribution in [2.45, 2.75) is 37.4 Å². The fraction of sp³-hybridized carbons (Fsp3) is 0.391. The molecule has 6 nitrogen and oxygen atoms in total. The van der Waals surface area contributed by atoms with Crippen molar-refractivity contribution in [2.75, 3.05) is 24.6 Å². The first-order valence-electron chi connectivity index (χ1n) is 10.7. The Morgan fingerprint density at radius 3 is 2.65 bits per heavy atom. The van der Waals surface area contributed by atoms with Gasteiger partial charge in [-0.2, -0.15) is 13.2 Å². The molecule has 1 aliphatic rings. The van der Waals surface area contributed by atoms with Crippen molar-refractivity contribution in [3.8, 4) is 5.75 Å². The van der Waals surface area contributed by atoms with Crippen molar-refractivity contribution in [1.29, 1.82) is 0 Å². The molecule has 2 aromatic carbocycles. The number of thiazole rings is 1. The minimum atomic E-state index is -4.38. The molecule has 0 aliphatic carbocycles. The van der Waals surface area contributed by atoms with Gasteiger partial charge in [-0.1, -0.05) is 29.0 Å². The number of nitrogens with zero attached hydrogens (tertiary/aromatic N) is 2. The summed E-state index contributed by atoms with van der Waals surface area (Å²) in [5.74, 6) is -0.510. The normalized spacial score (nSPS) is 16.1. The molecule has 0 atom stereocenters. The van der Waals surface area contributed by atoms with Crippen LogP contribution in [0.4, 0.5) is 18.3 Å². The molecule has 1 saturated heterocycles. The van der Waals surface area contributed by atoms with Crippen LogP contribution >= 0.6 is 22.9 Å². The molecule has 11 heteroatoms. The summed E-state index contributed by atoms with van der Waals surface area (Å²) < 4.78 is 45.3. The Kier molecular flexibility index (Phi) is 6.93. The number of rotatable bonds is 7. The highest BCUT2D eigenvalue weighted by atomic mass is 35.5. The lowest BCUT2D eigenvalue weighted by molar-refractivity contribution is -0.138. The maximum absolute atomic E-state index is 13.0. The molecule has 1 fully saturated rings. The van der Waals surface area contributed by atoms with Gasteiger partial charge in [0, 0.05) is 18.6 Å². The van der Waals surface area contributed by atoms with E-state index in [0.717, 1.165) is 12.1 Å². The second kappa shape index (κ2) is 9.59. The van der Waals surface area contributed by atoms with Crippen molar-refractivity contribution in [3.63, 3.8) is 0 Å².